The minimum atomic E-state index is -0.140. The highest BCUT2D eigenvalue weighted by molar-refractivity contribution is 5.76. The van der Waals surface area contributed by atoms with E-state index in [9.17, 15) is 9.90 Å². The van der Waals surface area contributed by atoms with E-state index in [0.717, 1.165) is 29.7 Å². The van der Waals surface area contributed by atoms with Gasteiger partial charge in [0.15, 0.2) is 0 Å². The molecule has 0 radical (unpaired) electrons. The van der Waals surface area contributed by atoms with Crippen LogP contribution in [0.15, 0.2) is 12.1 Å². The van der Waals surface area contributed by atoms with Crippen molar-refractivity contribution < 1.29 is 9.90 Å². The van der Waals surface area contributed by atoms with Crippen molar-refractivity contribution in [3.63, 3.8) is 0 Å². The summed E-state index contributed by atoms with van der Waals surface area (Å²) < 4.78 is 0. The van der Waals surface area contributed by atoms with Gasteiger partial charge in [-0.1, -0.05) is 106 Å². The maximum absolute atomic E-state index is 12.3. The first-order valence-electron chi connectivity index (χ1n) is 12.1. The van der Waals surface area contributed by atoms with Gasteiger partial charge in [0.25, 0.3) is 0 Å². The van der Waals surface area contributed by atoms with Gasteiger partial charge in [-0.2, -0.15) is 0 Å². The normalized spacial score (nSPS) is 12.2. The predicted molar refractivity (Wildman–Crippen MR) is 129 cm³/mol. The average Bonchev–Trinajstić information content (AvgIpc) is 2.64. The van der Waals surface area contributed by atoms with E-state index in [4.69, 9.17) is 0 Å². The number of phenols is 1. The number of amides is 1. The number of rotatable bonds is 12. The van der Waals surface area contributed by atoms with Gasteiger partial charge in [0, 0.05) is 13.0 Å². The zero-order valence-corrected chi connectivity index (χ0v) is 20.8. The van der Waals surface area contributed by atoms with E-state index in [0.29, 0.717) is 18.6 Å². The number of hydrogen-bond donors (Lipinski definition) is 2. The number of aromatic hydroxyl groups is 1. The summed E-state index contributed by atoms with van der Waals surface area (Å²) in [5.74, 6) is 0.526. The van der Waals surface area contributed by atoms with Gasteiger partial charge >= 0.3 is 0 Å². The number of carbonyl (C=O) groups excluding carboxylic acids is 1. The Morgan fingerprint density at radius 2 is 1.30 bits per heavy atom. The summed E-state index contributed by atoms with van der Waals surface area (Å²) in [6.07, 6.45) is 11.4. The predicted octanol–water partition coefficient (Wildman–Crippen LogP) is 7.18. The number of unbranched alkanes of at least 4 members (excludes halogenated alkanes) is 7. The molecule has 0 saturated heterocycles. The van der Waals surface area contributed by atoms with Gasteiger partial charge in [-0.05, 0) is 40.4 Å². The third kappa shape index (κ3) is 9.53. The highest BCUT2D eigenvalue weighted by Gasteiger charge is 2.26. The van der Waals surface area contributed by atoms with Gasteiger partial charge in [-0.3, -0.25) is 4.79 Å². The molecule has 0 heterocycles. The lowest BCUT2D eigenvalue weighted by molar-refractivity contribution is -0.121. The Balaban J connectivity index is 2.51. The third-order valence-corrected chi connectivity index (χ3v) is 5.78. The Bertz CT molecular complexity index is 615. The van der Waals surface area contributed by atoms with Crippen molar-refractivity contribution in [3.8, 4) is 5.75 Å². The Labute approximate surface area is 186 Å². The minimum absolute atomic E-state index is 0.126. The van der Waals surface area contributed by atoms with E-state index < -0.39 is 0 Å². The van der Waals surface area contributed by atoms with Gasteiger partial charge in [0.05, 0.1) is 0 Å². The number of phenolic OH excluding ortho intramolecular Hbond substituents is 1. The van der Waals surface area contributed by atoms with Gasteiger partial charge in [0.1, 0.15) is 5.75 Å². The minimum Gasteiger partial charge on any atom is -0.507 e. The lowest BCUT2D eigenvalue weighted by atomic mass is 9.78. The topological polar surface area (TPSA) is 49.3 Å². The van der Waals surface area contributed by atoms with Crippen molar-refractivity contribution in [2.24, 2.45) is 0 Å². The molecule has 0 bridgehead atoms. The van der Waals surface area contributed by atoms with Crippen LogP contribution in [0, 0.1) is 0 Å². The summed E-state index contributed by atoms with van der Waals surface area (Å²) in [6.45, 7) is 15.7. The smallest absolute Gasteiger partial charge is 0.220 e. The van der Waals surface area contributed by atoms with Gasteiger partial charge < -0.3 is 10.4 Å². The Morgan fingerprint density at radius 3 is 1.77 bits per heavy atom. The number of benzene rings is 1. The van der Waals surface area contributed by atoms with E-state index in [-0.39, 0.29) is 16.7 Å². The number of hydrogen-bond acceptors (Lipinski definition) is 2. The second-order valence-electron chi connectivity index (χ2n) is 10.9. The highest BCUT2D eigenvalue weighted by atomic mass is 16.3. The van der Waals surface area contributed by atoms with Gasteiger partial charge in [0.2, 0.25) is 5.91 Å². The van der Waals surface area contributed by atoms with Crippen molar-refractivity contribution >= 4 is 5.91 Å². The molecule has 0 unspecified atom stereocenters. The van der Waals surface area contributed by atoms with Crippen molar-refractivity contribution in [3.05, 3.63) is 28.8 Å². The number of nitrogens with one attached hydrogen (secondary N) is 1. The van der Waals surface area contributed by atoms with Gasteiger partial charge in [-0.25, -0.2) is 0 Å². The molecule has 172 valence electrons. The quantitative estimate of drug-likeness (QED) is 0.354. The Kier molecular flexibility index (Phi) is 10.9. The first-order chi connectivity index (χ1) is 14.0. The van der Waals surface area contributed by atoms with E-state index in [2.05, 4.69) is 65.9 Å². The molecule has 0 aliphatic rings. The summed E-state index contributed by atoms with van der Waals surface area (Å²) in [5.41, 5.74) is 2.77. The van der Waals surface area contributed by atoms with Crippen LogP contribution in [0.1, 0.15) is 123 Å². The second-order valence-corrected chi connectivity index (χ2v) is 10.9. The van der Waals surface area contributed by atoms with Crippen molar-refractivity contribution in [2.45, 2.75) is 124 Å². The standard InChI is InChI=1S/C27H47NO2/c1-8-9-10-11-12-13-14-15-18-28-24(29)17-16-21-19-22(26(2,3)4)25(30)23(20-21)27(5,6)7/h19-20,30H,8-18H2,1-7H3,(H,28,29). The molecule has 1 aromatic carbocycles. The zero-order valence-electron chi connectivity index (χ0n) is 20.8. The van der Waals surface area contributed by atoms with Crippen LogP contribution in [0.2, 0.25) is 0 Å². The van der Waals surface area contributed by atoms with Crippen LogP contribution in [0.25, 0.3) is 0 Å². The lowest BCUT2D eigenvalue weighted by Gasteiger charge is -2.28. The largest absolute Gasteiger partial charge is 0.507 e. The van der Waals surface area contributed by atoms with E-state index in [1.807, 2.05) is 0 Å². The van der Waals surface area contributed by atoms with Crippen LogP contribution in [-0.2, 0) is 22.0 Å². The molecule has 30 heavy (non-hydrogen) atoms. The van der Waals surface area contributed by atoms with Crippen LogP contribution in [0.4, 0.5) is 0 Å². The van der Waals surface area contributed by atoms with Crippen LogP contribution < -0.4 is 5.32 Å². The van der Waals surface area contributed by atoms with Crippen LogP contribution >= 0.6 is 0 Å². The monoisotopic (exact) mass is 417 g/mol. The van der Waals surface area contributed by atoms with E-state index in [1.165, 1.54) is 44.9 Å². The molecule has 1 amide bonds. The summed E-state index contributed by atoms with van der Waals surface area (Å²) >= 11 is 0. The van der Waals surface area contributed by atoms with Crippen LogP contribution in [0.3, 0.4) is 0 Å². The Morgan fingerprint density at radius 1 is 0.833 bits per heavy atom. The summed E-state index contributed by atoms with van der Waals surface area (Å²) in [4.78, 5) is 12.3. The first kappa shape index (κ1) is 26.5. The SMILES string of the molecule is CCCCCCCCCCNC(=O)CCc1cc(C(C)(C)C)c(O)c(C(C)(C)C)c1. The fraction of sp³-hybridized carbons (Fsp3) is 0.741. The maximum Gasteiger partial charge on any atom is 0.220 e. The molecule has 0 spiro atoms. The molecular weight excluding hydrogens is 370 g/mol. The fourth-order valence-corrected chi connectivity index (χ4v) is 3.81. The van der Waals surface area contributed by atoms with Crippen LogP contribution in [0.5, 0.6) is 5.75 Å². The molecule has 0 atom stereocenters. The molecular formula is C27H47NO2. The number of carbonyl (C=O) groups is 1. The van der Waals surface area contributed by atoms with Crippen LogP contribution in [-0.4, -0.2) is 17.6 Å². The molecule has 0 aliphatic carbocycles. The van der Waals surface area contributed by atoms with Crippen molar-refractivity contribution in [1.29, 1.82) is 0 Å². The molecule has 1 aromatic rings. The summed E-state index contributed by atoms with van der Waals surface area (Å²) in [7, 11) is 0. The van der Waals surface area contributed by atoms with Crippen molar-refractivity contribution in [1.82, 2.24) is 5.32 Å². The average molecular weight is 418 g/mol. The molecule has 0 aromatic heterocycles. The second kappa shape index (κ2) is 12.4. The molecule has 0 saturated carbocycles. The van der Waals surface area contributed by atoms with Crippen molar-refractivity contribution in [2.75, 3.05) is 6.54 Å². The van der Waals surface area contributed by atoms with E-state index >= 15 is 0 Å². The Hall–Kier alpha value is -1.51. The molecule has 3 nitrogen and oxygen atoms in total. The lowest BCUT2D eigenvalue weighted by Crippen LogP contribution is -2.24. The molecule has 2 N–H and O–H groups in total. The zero-order chi connectivity index (χ0) is 22.8. The molecule has 3 heteroatoms. The first-order valence-corrected chi connectivity index (χ1v) is 12.1. The van der Waals surface area contributed by atoms with Gasteiger partial charge in [-0.15, -0.1) is 0 Å². The van der Waals surface area contributed by atoms with E-state index in [1.54, 1.807) is 0 Å². The number of aryl methyl sites for hydroxylation is 1. The summed E-state index contributed by atoms with van der Waals surface area (Å²) in [6, 6.07) is 4.16. The maximum atomic E-state index is 12.3. The summed E-state index contributed by atoms with van der Waals surface area (Å²) in [5, 5.41) is 13.9. The molecule has 0 fully saturated rings. The highest BCUT2D eigenvalue weighted by Crippen LogP contribution is 2.39. The molecule has 1 rings (SSSR count). The fourth-order valence-electron chi connectivity index (χ4n) is 3.81. The third-order valence-electron chi connectivity index (χ3n) is 5.78. The molecule has 0 aliphatic heterocycles.